The van der Waals surface area contributed by atoms with Crippen molar-refractivity contribution < 1.29 is 14.2 Å². The van der Waals surface area contributed by atoms with Crippen molar-refractivity contribution in [2.45, 2.75) is 32.9 Å². The van der Waals surface area contributed by atoms with Crippen molar-refractivity contribution in [2.75, 3.05) is 0 Å². The van der Waals surface area contributed by atoms with E-state index in [1.807, 2.05) is 32.0 Å². The van der Waals surface area contributed by atoms with Crippen LogP contribution in [0.3, 0.4) is 0 Å². The standard InChI is InChI=1S/C18H20N2O2/c1-3-14(2)19-17(21)13-20-11-9-16(10-12-20)18(22)15-7-5-4-6-8-15/h4-12,14H,3,13H2,1-2H3/p+1/t14-/m0/s1. The summed E-state index contributed by atoms with van der Waals surface area (Å²) in [6.45, 7) is 4.26. The summed E-state index contributed by atoms with van der Waals surface area (Å²) >= 11 is 0. The summed E-state index contributed by atoms with van der Waals surface area (Å²) in [4.78, 5) is 24.1. The smallest absolute Gasteiger partial charge is 0.286 e. The third kappa shape index (κ3) is 4.25. The molecule has 1 aromatic carbocycles. The average Bonchev–Trinajstić information content (AvgIpc) is 2.55. The van der Waals surface area contributed by atoms with E-state index in [9.17, 15) is 9.59 Å². The van der Waals surface area contributed by atoms with E-state index >= 15 is 0 Å². The van der Waals surface area contributed by atoms with Gasteiger partial charge in [0.1, 0.15) is 0 Å². The SMILES string of the molecule is CC[C@H](C)NC(=O)C[n+]1ccc(C(=O)c2ccccc2)cc1. The molecule has 4 heteroatoms. The zero-order chi connectivity index (χ0) is 15.9. The molecule has 1 amide bonds. The third-order valence-corrected chi connectivity index (χ3v) is 3.54. The van der Waals surface area contributed by atoms with E-state index in [0.717, 1.165) is 6.42 Å². The van der Waals surface area contributed by atoms with E-state index in [0.29, 0.717) is 11.1 Å². The molecule has 0 aliphatic heterocycles. The van der Waals surface area contributed by atoms with Crippen LogP contribution in [0.5, 0.6) is 0 Å². The van der Waals surface area contributed by atoms with Gasteiger partial charge in [-0.3, -0.25) is 9.59 Å². The van der Waals surface area contributed by atoms with E-state index in [1.54, 1.807) is 41.2 Å². The summed E-state index contributed by atoms with van der Waals surface area (Å²) in [6.07, 6.45) is 4.42. The van der Waals surface area contributed by atoms with Gasteiger partial charge in [0.05, 0.1) is 0 Å². The first-order chi connectivity index (χ1) is 10.6. The van der Waals surface area contributed by atoms with Crippen molar-refractivity contribution in [3.8, 4) is 0 Å². The number of hydrogen-bond acceptors (Lipinski definition) is 2. The van der Waals surface area contributed by atoms with Crippen LogP contribution in [0.15, 0.2) is 54.9 Å². The molecular formula is C18H21N2O2+. The number of benzene rings is 1. The van der Waals surface area contributed by atoms with Gasteiger partial charge in [-0.25, -0.2) is 0 Å². The number of rotatable bonds is 6. The molecule has 4 nitrogen and oxygen atoms in total. The van der Waals surface area contributed by atoms with Crippen molar-refractivity contribution in [1.82, 2.24) is 5.32 Å². The molecule has 0 aliphatic rings. The lowest BCUT2D eigenvalue weighted by molar-refractivity contribution is -0.684. The largest absolute Gasteiger partial charge is 0.348 e. The van der Waals surface area contributed by atoms with Gasteiger partial charge in [0.2, 0.25) is 6.54 Å². The summed E-state index contributed by atoms with van der Waals surface area (Å²) in [6, 6.07) is 12.8. The Bertz CT molecular complexity index is 636. The van der Waals surface area contributed by atoms with Gasteiger partial charge in [0, 0.05) is 29.3 Å². The monoisotopic (exact) mass is 297 g/mol. The maximum atomic E-state index is 12.3. The van der Waals surface area contributed by atoms with Gasteiger partial charge in [-0.05, 0) is 13.3 Å². The zero-order valence-electron chi connectivity index (χ0n) is 13.0. The van der Waals surface area contributed by atoms with Crippen LogP contribution in [0.4, 0.5) is 0 Å². The molecule has 0 saturated carbocycles. The molecule has 0 aliphatic carbocycles. The second-order valence-corrected chi connectivity index (χ2v) is 5.33. The van der Waals surface area contributed by atoms with E-state index in [4.69, 9.17) is 0 Å². The molecule has 1 atom stereocenters. The van der Waals surface area contributed by atoms with Gasteiger partial charge >= 0.3 is 0 Å². The van der Waals surface area contributed by atoms with Gasteiger partial charge in [-0.1, -0.05) is 37.3 Å². The van der Waals surface area contributed by atoms with Crippen molar-refractivity contribution in [3.05, 3.63) is 66.0 Å². The van der Waals surface area contributed by atoms with E-state index in [2.05, 4.69) is 5.32 Å². The van der Waals surface area contributed by atoms with Crippen molar-refractivity contribution in [3.63, 3.8) is 0 Å². The van der Waals surface area contributed by atoms with Gasteiger partial charge in [-0.2, -0.15) is 4.57 Å². The van der Waals surface area contributed by atoms with Crippen LogP contribution in [0.1, 0.15) is 36.2 Å². The van der Waals surface area contributed by atoms with Gasteiger partial charge < -0.3 is 5.32 Å². The predicted molar refractivity (Wildman–Crippen MR) is 84.4 cm³/mol. The number of carbonyl (C=O) groups is 2. The molecule has 0 bridgehead atoms. The molecule has 2 rings (SSSR count). The van der Waals surface area contributed by atoms with Crippen LogP contribution in [0.2, 0.25) is 0 Å². The quantitative estimate of drug-likeness (QED) is 0.656. The molecule has 114 valence electrons. The lowest BCUT2D eigenvalue weighted by Crippen LogP contribution is -2.44. The Morgan fingerprint density at radius 1 is 1.05 bits per heavy atom. The number of ketones is 1. The lowest BCUT2D eigenvalue weighted by Gasteiger charge is -2.09. The number of nitrogens with zero attached hydrogens (tertiary/aromatic N) is 1. The average molecular weight is 297 g/mol. The normalized spacial score (nSPS) is 11.7. The molecular weight excluding hydrogens is 276 g/mol. The fourth-order valence-corrected chi connectivity index (χ4v) is 2.06. The van der Waals surface area contributed by atoms with E-state index in [1.165, 1.54) is 0 Å². The fraction of sp³-hybridized carbons (Fsp3) is 0.278. The molecule has 1 N–H and O–H groups in total. The van der Waals surface area contributed by atoms with Gasteiger partial charge in [-0.15, -0.1) is 0 Å². The van der Waals surface area contributed by atoms with Crippen LogP contribution in [-0.2, 0) is 11.3 Å². The van der Waals surface area contributed by atoms with Gasteiger partial charge in [0.15, 0.2) is 18.2 Å². The molecule has 1 aromatic heterocycles. The molecule has 22 heavy (non-hydrogen) atoms. The van der Waals surface area contributed by atoms with E-state index in [-0.39, 0.29) is 24.3 Å². The number of nitrogens with one attached hydrogen (secondary N) is 1. The van der Waals surface area contributed by atoms with Crippen LogP contribution in [0, 0.1) is 0 Å². The fourth-order valence-electron chi connectivity index (χ4n) is 2.06. The molecule has 0 radical (unpaired) electrons. The zero-order valence-corrected chi connectivity index (χ0v) is 13.0. The minimum Gasteiger partial charge on any atom is -0.348 e. The molecule has 0 saturated heterocycles. The Morgan fingerprint density at radius 3 is 2.23 bits per heavy atom. The molecule has 0 fully saturated rings. The third-order valence-electron chi connectivity index (χ3n) is 3.54. The second kappa shape index (κ2) is 7.50. The summed E-state index contributed by atoms with van der Waals surface area (Å²) in [5, 5.41) is 2.91. The summed E-state index contributed by atoms with van der Waals surface area (Å²) in [7, 11) is 0. The predicted octanol–water partition coefficient (Wildman–Crippen LogP) is 2.12. The first kappa shape index (κ1) is 15.9. The van der Waals surface area contributed by atoms with E-state index < -0.39 is 0 Å². The summed E-state index contributed by atoms with van der Waals surface area (Å²) in [5.41, 5.74) is 1.28. The maximum absolute atomic E-state index is 12.3. The molecule has 1 heterocycles. The van der Waals surface area contributed by atoms with Crippen molar-refractivity contribution in [2.24, 2.45) is 0 Å². The summed E-state index contributed by atoms with van der Waals surface area (Å²) < 4.78 is 1.76. The number of pyridine rings is 1. The Morgan fingerprint density at radius 2 is 1.64 bits per heavy atom. The first-order valence-corrected chi connectivity index (χ1v) is 7.48. The van der Waals surface area contributed by atoms with Crippen molar-refractivity contribution >= 4 is 11.7 Å². The summed E-state index contributed by atoms with van der Waals surface area (Å²) in [5.74, 6) is -0.0432. The number of carbonyl (C=O) groups excluding carboxylic acids is 2. The first-order valence-electron chi connectivity index (χ1n) is 7.48. The topological polar surface area (TPSA) is 50.1 Å². The highest BCUT2D eigenvalue weighted by molar-refractivity contribution is 6.08. The number of amides is 1. The molecule has 2 aromatic rings. The Kier molecular flexibility index (Phi) is 5.42. The highest BCUT2D eigenvalue weighted by Gasteiger charge is 2.13. The van der Waals surface area contributed by atoms with Crippen LogP contribution in [0.25, 0.3) is 0 Å². The minimum absolute atomic E-state index is 0.0168. The maximum Gasteiger partial charge on any atom is 0.286 e. The minimum atomic E-state index is -0.0264. The highest BCUT2D eigenvalue weighted by Crippen LogP contribution is 2.07. The lowest BCUT2D eigenvalue weighted by atomic mass is 10.0. The van der Waals surface area contributed by atoms with Crippen LogP contribution in [-0.4, -0.2) is 17.7 Å². The Labute approximate surface area is 130 Å². The Hall–Kier alpha value is -2.49. The van der Waals surface area contributed by atoms with Crippen LogP contribution < -0.4 is 9.88 Å². The molecule has 0 spiro atoms. The molecule has 0 unspecified atom stereocenters. The second-order valence-electron chi connectivity index (χ2n) is 5.33. The highest BCUT2D eigenvalue weighted by atomic mass is 16.2. The Balaban J connectivity index is 2.01. The van der Waals surface area contributed by atoms with Gasteiger partial charge in [0.25, 0.3) is 5.91 Å². The number of hydrogen-bond donors (Lipinski definition) is 1. The number of aromatic nitrogens is 1. The van der Waals surface area contributed by atoms with Crippen molar-refractivity contribution in [1.29, 1.82) is 0 Å². The van der Waals surface area contributed by atoms with Crippen LogP contribution >= 0.6 is 0 Å².